The third kappa shape index (κ3) is 4.14. The van der Waals surface area contributed by atoms with E-state index < -0.39 is 0 Å². The molecule has 0 fully saturated rings. The number of carbonyl (C=O) groups excluding carboxylic acids is 1. The van der Waals surface area contributed by atoms with E-state index in [9.17, 15) is 14.9 Å². The Morgan fingerprint density at radius 3 is 2.32 bits per heavy atom. The average molecular weight is 415 g/mol. The number of nitro benzene ring substituents is 1. The van der Waals surface area contributed by atoms with Crippen molar-refractivity contribution in [1.82, 2.24) is 0 Å². The molecule has 3 aromatic rings. The molecule has 1 heterocycles. The third-order valence-corrected chi connectivity index (χ3v) is 5.89. The number of rotatable bonds is 5. The summed E-state index contributed by atoms with van der Waals surface area (Å²) in [5.41, 5.74) is 4.20. The molecule has 0 unspecified atom stereocenters. The molecule has 0 aromatic heterocycles. The van der Waals surface area contributed by atoms with Gasteiger partial charge in [0, 0.05) is 43.0 Å². The summed E-state index contributed by atoms with van der Waals surface area (Å²) in [4.78, 5) is 27.5. The molecule has 2 atom stereocenters. The standard InChI is InChI=1S/C25H25N3O3/c1-18-16-25(27(19(2)29)21-8-4-3-5-9-21)23-10-6-7-11-24(23)26(18)17-20-12-14-22(15-13-20)28(30)31/h3-15,18,25H,16-17H2,1-2H3/t18-,25+/m1/s1. The third-order valence-electron chi connectivity index (χ3n) is 5.89. The van der Waals surface area contributed by atoms with Crippen molar-refractivity contribution in [2.24, 2.45) is 0 Å². The van der Waals surface area contributed by atoms with Gasteiger partial charge in [0.15, 0.2) is 0 Å². The second-order valence-corrected chi connectivity index (χ2v) is 7.94. The number of fused-ring (bicyclic) bond motifs is 1. The number of hydrogen-bond acceptors (Lipinski definition) is 4. The van der Waals surface area contributed by atoms with Gasteiger partial charge in [-0.15, -0.1) is 0 Å². The molecule has 0 spiro atoms. The first-order valence-electron chi connectivity index (χ1n) is 10.4. The van der Waals surface area contributed by atoms with Gasteiger partial charge in [0.05, 0.1) is 11.0 Å². The second kappa shape index (κ2) is 8.60. The Morgan fingerprint density at radius 2 is 1.68 bits per heavy atom. The Morgan fingerprint density at radius 1 is 1.03 bits per heavy atom. The predicted molar refractivity (Wildman–Crippen MR) is 122 cm³/mol. The molecule has 1 amide bonds. The van der Waals surface area contributed by atoms with Crippen LogP contribution >= 0.6 is 0 Å². The molecule has 0 N–H and O–H groups in total. The summed E-state index contributed by atoms with van der Waals surface area (Å²) in [7, 11) is 0. The van der Waals surface area contributed by atoms with Gasteiger partial charge in [0.1, 0.15) is 0 Å². The highest BCUT2D eigenvalue weighted by Gasteiger charge is 2.35. The minimum atomic E-state index is -0.382. The Hall–Kier alpha value is -3.67. The van der Waals surface area contributed by atoms with Crippen LogP contribution in [0.5, 0.6) is 0 Å². The molecule has 0 radical (unpaired) electrons. The molecule has 6 heteroatoms. The fraction of sp³-hybridized carbons (Fsp3) is 0.240. The van der Waals surface area contributed by atoms with Gasteiger partial charge in [0.2, 0.25) is 5.91 Å². The smallest absolute Gasteiger partial charge is 0.269 e. The van der Waals surface area contributed by atoms with Gasteiger partial charge >= 0.3 is 0 Å². The lowest BCUT2D eigenvalue weighted by Gasteiger charge is -2.44. The summed E-state index contributed by atoms with van der Waals surface area (Å²) in [6.07, 6.45) is 0.790. The number of nitrogens with zero attached hydrogens (tertiary/aromatic N) is 3. The molecule has 0 saturated carbocycles. The van der Waals surface area contributed by atoms with Gasteiger partial charge in [-0.3, -0.25) is 14.9 Å². The average Bonchev–Trinajstić information content (AvgIpc) is 2.77. The first-order valence-corrected chi connectivity index (χ1v) is 10.4. The number of carbonyl (C=O) groups is 1. The van der Waals surface area contributed by atoms with Crippen LogP contribution in [-0.2, 0) is 11.3 Å². The van der Waals surface area contributed by atoms with E-state index in [0.717, 1.165) is 28.9 Å². The molecule has 0 bridgehead atoms. The molecule has 0 aliphatic carbocycles. The highest BCUT2D eigenvalue weighted by molar-refractivity contribution is 5.92. The predicted octanol–water partition coefficient (Wildman–Crippen LogP) is 5.49. The summed E-state index contributed by atoms with van der Waals surface area (Å²) >= 11 is 0. The molecule has 31 heavy (non-hydrogen) atoms. The summed E-state index contributed by atoms with van der Waals surface area (Å²) in [6.45, 7) is 4.43. The van der Waals surface area contributed by atoms with E-state index in [-0.39, 0.29) is 28.6 Å². The molecule has 3 aromatic carbocycles. The Kier molecular flexibility index (Phi) is 5.71. The van der Waals surface area contributed by atoms with E-state index in [4.69, 9.17) is 0 Å². The number of anilines is 2. The number of hydrogen-bond donors (Lipinski definition) is 0. The summed E-state index contributed by atoms with van der Waals surface area (Å²) in [6, 6.07) is 24.8. The van der Waals surface area contributed by atoms with E-state index in [2.05, 4.69) is 24.0 Å². The largest absolute Gasteiger partial charge is 0.364 e. The van der Waals surface area contributed by atoms with Gasteiger partial charge in [0.25, 0.3) is 5.69 Å². The van der Waals surface area contributed by atoms with Crippen LogP contribution in [0.2, 0.25) is 0 Å². The number of non-ortho nitro benzene ring substituents is 1. The quantitative estimate of drug-likeness (QED) is 0.408. The summed E-state index contributed by atoms with van der Waals surface area (Å²) < 4.78 is 0. The van der Waals surface area contributed by atoms with Crippen molar-refractivity contribution in [3.8, 4) is 0 Å². The van der Waals surface area contributed by atoms with Crippen molar-refractivity contribution in [3.05, 3.63) is 100 Å². The number of benzene rings is 3. The molecule has 1 aliphatic heterocycles. The topological polar surface area (TPSA) is 66.7 Å². The van der Waals surface area contributed by atoms with Crippen LogP contribution in [0.25, 0.3) is 0 Å². The van der Waals surface area contributed by atoms with Crippen LogP contribution in [-0.4, -0.2) is 16.9 Å². The SMILES string of the molecule is CC(=O)N(c1ccccc1)[C@H]1C[C@@H](C)N(Cc2ccc([N+](=O)[O-])cc2)c2ccccc21. The molecule has 0 saturated heterocycles. The van der Waals surface area contributed by atoms with Crippen LogP contribution in [0, 0.1) is 10.1 Å². The monoisotopic (exact) mass is 415 g/mol. The zero-order chi connectivity index (χ0) is 22.0. The number of nitro groups is 1. The first kappa shape index (κ1) is 20.6. The highest BCUT2D eigenvalue weighted by atomic mass is 16.6. The Balaban J connectivity index is 1.69. The molecule has 158 valence electrons. The zero-order valence-corrected chi connectivity index (χ0v) is 17.6. The lowest BCUT2D eigenvalue weighted by Crippen LogP contribution is -2.44. The Labute approximate surface area is 181 Å². The lowest BCUT2D eigenvalue weighted by molar-refractivity contribution is -0.384. The van der Waals surface area contributed by atoms with Crippen molar-refractivity contribution in [3.63, 3.8) is 0 Å². The molecular formula is C25H25N3O3. The van der Waals surface area contributed by atoms with Crippen molar-refractivity contribution in [1.29, 1.82) is 0 Å². The van der Waals surface area contributed by atoms with Crippen LogP contribution in [0.15, 0.2) is 78.9 Å². The van der Waals surface area contributed by atoms with Gasteiger partial charge in [-0.2, -0.15) is 0 Å². The minimum absolute atomic E-state index is 0.0158. The van der Waals surface area contributed by atoms with Crippen molar-refractivity contribution >= 4 is 23.0 Å². The fourth-order valence-corrected chi connectivity index (χ4v) is 4.42. The van der Waals surface area contributed by atoms with Crippen molar-refractivity contribution in [2.75, 3.05) is 9.80 Å². The van der Waals surface area contributed by atoms with Crippen molar-refractivity contribution < 1.29 is 9.72 Å². The molecule has 1 aliphatic rings. The van der Waals surface area contributed by atoms with E-state index in [0.29, 0.717) is 6.54 Å². The van der Waals surface area contributed by atoms with Gasteiger partial charge in [-0.1, -0.05) is 48.5 Å². The van der Waals surface area contributed by atoms with E-state index >= 15 is 0 Å². The molecule has 6 nitrogen and oxygen atoms in total. The number of amides is 1. The van der Waals surface area contributed by atoms with Gasteiger partial charge in [-0.25, -0.2) is 0 Å². The van der Waals surface area contributed by atoms with Crippen molar-refractivity contribution in [2.45, 2.75) is 38.9 Å². The van der Waals surface area contributed by atoms with Crippen LogP contribution in [0.3, 0.4) is 0 Å². The first-order chi connectivity index (χ1) is 15.0. The van der Waals surface area contributed by atoms with Crippen LogP contribution < -0.4 is 9.80 Å². The second-order valence-electron chi connectivity index (χ2n) is 7.94. The van der Waals surface area contributed by atoms with Crippen LogP contribution in [0.4, 0.5) is 17.1 Å². The summed E-state index contributed by atoms with van der Waals surface area (Å²) in [5, 5.41) is 11.0. The molecule has 4 rings (SSSR count). The fourth-order valence-electron chi connectivity index (χ4n) is 4.42. The summed E-state index contributed by atoms with van der Waals surface area (Å²) in [5.74, 6) is 0.0158. The number of para-hydroxylation sites is 2. The van der Waals surface area contributed by atoms with Crippen LogP contribution in [0.1, 0.15) is 37.4 Å². The molecular weight excluding hydrogens is 390 g/mol. The van der Waals surface area contributed by atoms with E-state index in [1.54, 1.807) is 19.1 Å². The van der Waals surface area contributed by atoms with E-state index in [1.165, 1.54) is 0 Å². The zero-order valence-electron chi connectivity index (χ0n) is 17.6. The van der Waals surface area contributed by atoms with E-state index in [1.807, 2.05) is 59.5 Å². The minimum Gasteiger partial charge on any atom is -0.364 e. The maximum atomic E-state index is 12.7. The Bertz CT molecular complexity index is 1080. The normalized spacial score (nSPS) is 17.7. The lowest BCUT2D eigenvalue weighted by atomic mass is 9.89. The maximum absolute atomic E-state index is 12.7. The van der Waals surface area contributed by atoms with Gasteiger partial charge < -0.3 is 9.80 Å². The van der Waals surface area contributed by atoms with Gasteiger partial charge in [-0.05, 0) is 42.7 Å². The maximum Gasteiger partial charge on any atom is 0.269 e. The highest BCUT2D eigenvalue weighted by Crippen LogP contribution is 2.42.